The standard InChI is InChI=1S/C11H13BrF2O/c1-11(8-12,15-7-10(13)14)9-5-3-2-4-6-9/h2-6,10H,7-8H2,1H3. The van der Waals surface area contributed by atoms with E-state index in [1.807, 2.05) is 30.3 Å². The predicted octanol–water partition coefficient (Wildman–Crippen LogP) is 3.58. The van der Waals surface area contributed by atoms with Gasteiger partial charge >= 0.3 is 0 Å². The number of halogens is 3. The van der Waals surface area contributed by atoms with Gasteiger partial charge in [0, 0.05) is 5.33 Å². The maximum Gasteiger partial charge on any atom is 0.261 e. The fourth-order valence-corrected chi connectivity index (χ4v) is 1.72. The van der Waals surface area contributed by atoms with Gasteiger partial charge < -0.3 is 4.74 Å². The maximum absolute atomic E-state index is 12.1. The highest BCUT2D eigenvalue weighted by molar-refractivity contribution is 9.09. The van der Waals surface area contributed by atoms with Gasteiger partial charge in [-0.2, -0.15) is 0 Å². The maximum atomic E-state index is 12.1. The first-order valence-corrected chi connectivity index (χ1v) is 5.74. The Labute approximate surface area is 96.6 Å². The molecule has 0 N–H and O–H groups in total. The smallest absolute Gasteiger partial charge is 0.261 e. The van der Waals surface area contributed by atoms with E-state index in [-0.39, 0.29) is 0 Å². The molecule has 0 fully saturated rings. The lowest BCUT2D eigenvalue weighted by Crippen LogP contribution is -2.30. The fourth-order valence-electron chi connectivity index (χ4n) is 1.24. The summed E-state index contributed by atoms with van der Waals surface area (Å²) in [6.07, 6.45) is -2.44. The average Bonchev–Trinajstić information content (AvgIpc) is 2.27. The summed E-state index contributed by atoms with van der Waals surface area (Å²) in [5, 5.41) is 0.483. The van der Waals surface area contributed by atoms with Crippen LogP contribution in [-0.4, -0.2) is 18.4 Å². The largest absolute Gasteiger partial charge is 0.364 e. The third-order valence-corrected chi connectivity index (χ3v) is 3.24. The fraction of sp³-hybridized carbons (Fsp3) is 0.455. The first-order chi connectivity index (χ1) is 7.08. The Kier molecular flexibility index (Phi) is 4.67. The second kappa shape index (κ2) is 5.56. The number of benzene rings is 1. The zero-order valence-corrected chi connectivity index (χ0v) is 10.0. The first kappa shape index (κ1) is 12.6. The van der Waals surface area contributed by atoms with Crippen molar-refractivity contribution in [3.63, 3.8) is 0 Å². The van der Waals surface area contributed by atoms with E-state index < -0.39 is 18.6 Å². The van der Waals surface area contributed by atoms with Crippen molar-refractivity contribution in [2.75, 3.05) is 11.9 Å². The van der Waals surface area contributed by atoms with Crippen molar-refractivity contribution in [1.82, 2.24) is 0 Å². The van der Waals surface area contributed by atoms with Crippen LogP contribution in [0.2, 0.25) is 0 Å². The molecule has 0 saturated heterocycles. The molecule has 1 nitrogen and oxygen atoms in total. The van der Waals surface area contributed by atoms with Crippen LogP contribution >= 0.6 is 15.9 Å². The second-order valence-electron chi connectivity index (χ2n) is 3.43. The molecular weight excluding hydrogens is 266 g/mol. The number of hydrogen-bond acceptors (Lipinski definition) is 1. The van der Waals surface area contributed by atoms with Gasteiger partial charge in [0.25, 0.3) is 6.43 Å². The average molecular weight is 279 g/mol. The molecule has 0 aliphatic heterocycles. The van der Waals surface area contributed by atoms with Crippen LogP contribution in [0.4, 0.5) is 8.78 Å². The minimum Gasteiger partial charge on any atom is -0.364 e. The lowest BCUT2D eigenvalue weighted by atomic mass is 9.98. The monoisotopic (exact) mass is 278 g/mol. The van der Waals surface area contributed by atoms with Crippen LogP contribution in [0.1, 0.15) is 12.5 Å². The Balaban J connectivity index is 2.76. The topological polar surface area (TPSA) is 9.23 Å². The van der Waals surface area contributed by atoms with Gasteiger partial charge in [0.2, 0.25) is 0 Å². The van der Waals surface area contributed by atoms with Crippen molar-refractivity contribution in [2.24, 2.45) is 0 Å². The lowest BCUT2D eigenvalue weighted by Gasteiger charge is -2.28. The Morgan fingerprint density at radius 3 is 2.40 bits per heavy atom. The number of alkyl halides is 3. The van der Waals surface area contributed by atoms with Crippen LogP contribution < -0.4 is 0 Å². The van der Waals surface area contributed by atoms with E-state index in [0.717, 1.165) is 5.56 Å². The molecule has 1 atom stereocenters. The summed E-state index contributed by atoms with van der Waals surface area (Å²) in [6, 6.07) is 9.34. The molecule has 1 rings (SSSR count). The van der Waals surface area contributed by atoms with Crippen molar-refractivity contribution in [3.8, 4) is 0 Å². The molecule has 0 aromatic heterocycles. The third-order valence-electron chi connectivity index (χ3n) is 2.17. The molecule has 4 heteroatoms. The number of hydrogen-bond donors (Lipinski definition) is 0. The van der Waals surface area contributed by atoms with Crippen molar-refractivity contribution in [2.45, 2.75) is 19.0 Å². The van der Waals surface area contributed by atoms with Crippen LogP contribution in [-0.2, 0) is 10.3 Å². The summed E-state index contributed by atoms with van der Waals surface area (Å²) in [7, 11) is 0. The van der Waals surface area contributed by atoms with Gasteiger partial charge in [-0.1, -0.05) is 46.3 Å². The molecule has 0 aliphatic rings. The van der Waals surface area contributed by atoms with E-state index in [9.17, 15) is 8.78 Å². The van der Waals surface area contributed by atoms with Crippen molar-refractivity contribution >= 4 is 15.9 Å². The van der Waals surface area contributed by atoms with E-state index in [2.05, 4.69) is 15.9 Å². The molecule has 0 saturated carbocycles. The Hall–Kier alpha value is -0.480. The second-order valence-corrected chi connectivity index (χ2v) is 3.99. The molecule has 0 radical (unpaired) electrons. The summed E-state index contributed by atoms with van der Waals surface area (Å²) in [4.78, 5) is 0. The summed E-state index contributed by atoms with van der Waals surface area (Å²) >= 11 is 3.29. The van der Waals surface area contributed by atoms with Gasteiger partial charge in [0.15, 0.2) is 0 Å². The summed E-state index contributed by atoms with van der Waals surface area (Å²) < 4.78 is 29.4. The van der Waals surface area contributed by atoms with Crippen molar-refractivity contribution in [1.29, 1.82) is 0 Å². The van der Waals surface area contributed by atoms with Gasteiger partial charge in [-0.3, -0.25) is 0 Å². The Morgan fingerprint density at radius 1 is 1.33 bits per heavy atom. The van der Waals surface area contributed by atoms with Gasteiger partial charge in [-0.05, 0) is 12.5 Å². The van der Waals surface area contributed by atoms with E-state index in [0.29, 0.717) is 5.33 Å². The number of rotatable bonds is 5. The van der Waals surface area contributed by atoms with Crippen molar-refractivity contribution < 1.29 is 13.5 Å². The quantitative estimate of drug-likeness (QED) is 0.748. The molecule has 0 bridgehead atoms. The van der Waals surface area contributed by atoms with Crippen molar-refractivity contribution in [3.05, 3.63) is 35.9 Å². The van der Waals surface area contributed by atoms with E-state index in [1.165, 1.54) is 0 Å². The van der Waals surface area contributed by atoms with Crippen LogP contribution in [0.25, 0.3) is 0 Å². The molecule has 0 spiro atoms. The predicted molar refractivity (Wildman–Crippen MR) is 59.5 cm³/mol. The first-order valence-electron chi connectivity index (χ1n) is 4.62. The summed E-state index contributed by atoms with van der Waals surface area (Å²) in [5.41, 5.74) is 0.194. The Bertz CT molecular complexity index is 292. The third kappa shape index (κ3) is 3.54. The molecule has 1 aromatic carbocycles. The molecule has 0 heterocycles. The highest BCUT2D eigenvalue weighted by atomic mass is 79.9. The summed E-state index contributed by atoms with van der Waals surface area (Å²) in [6.45, 7) is 1.25. The van der Waals surface area contributed by atoms with E-state index in [4.69, 9.17) is 4.74 Å². The molecule has 0 amide bonds. The molecule has 15 heavy (non-hydrogen) atoms. The van der Waals surface area contributed by atoms with Gasteiger partial charge in [-0.25, -0.2) is 8.78 Å². The SMILES string of the molecule is CC(CBr)(OCC(F)F)c1ccccc1. The summed E-state index contributed by atoms with van der Waals surface area (Å²) in [5.74, 6) is 0. The van der Waals surface area contributed by atoms with Crippen LogP contribution in [0, 0.1) is 0 Å². The zero-order valence-electron chi connectivity index (χ0n) is 8.42. The molecular formula is C11H13BrF2O. The van der Waals surface area contributed by atoms with Gasteiger partial charge in [-0.15, -0.1) is 0 Å². The highest BCUT2D eigenvalue weighted by Gasteiger charge is 2.27. The highest BCUT2D eigenvalue weighted by Crippen LogP contribution is 2.27. The van der Waals surface area contributed by atoms with Crippen LogP contribution in [0.3, 0.4) is 0 Å². The van der Waals surface area contributed by atoms with Crippen LogP contribution in [0.15, 0.2) is 30.3 Å². The van der Waals surface area contributed by atoms with Gasteiger partial charge in [0.05, 0.1) is 0 Å². The van der Waals surface area contributed by atoms with E-state index >= 15 is 0 Å². The van der Waals surface area contributed by atoms with Crippen LogP contribution in [0.5, 0.6) is 0 Å². The molecule has 1 aromatic rings. The number of ether oxygens (including phenoxy) is 1. The lowest BCUT2D eigenvalue weighted by molar-refractivity contribution is -0.0703. The normalized spacial score (nSPS) is 15.3. The molecule has 84 valence electrons. The zero-order chi connectivity index (χ0) is 11.3. The minimum atomic E-state index is -2.44. The Morgan fingerprint density at radius 2 is 1.93 bits per heavy atom. The minimum absolute atomic E-state index is 0.483. The molecule has 1 unspecified atom stereocenters. The molecule has 0 aliphatic carbocycles. The van der Waals surface area contributed by atoms with E-state index in [1.54, 1.807) is 6.92 Å². The van der Waals surface area contributed by atoms with Gasteiger partial charge in [0.1, 0.15) is 12.2 Å².